The Morgan fingerprint density at radius 1 is 1.11 bits per heavy atom. The van der Waals surface area contributed by atoms with E-state index in [4.69, 9.17) is 10.5 Å². The number of likely N-dealkylation sites (N-methyl/N-ethyl adjacent to an activating group) is 1. The third-order valence-corrected chi connectivity index (χ3v) is 4.54. The molecule has 1 atom stereocenters. The highest BCUT2D eigenvalue weighted by molar-refractivity contribution is 5.92. The molecule has 5 nitrogen and oxygen atoms in total. The predicted molar refractivity (Wildman–Crippen MR) is 107 cm³/mol. The van der Waals surface area contributed by atoms with Crippen LogP contribution in [0.25, 0.3) is 0 Å². The summed E-state index contributed by atoms with van der Waals surface area (Å²) in [5.41, 5.74) is 8.75. The molecule has 5 heteroatoms. The van der Waals surface area contributed by atoms with Crippen molar-refractivity contribution in [2.45, 2.75) is 46.3 Å². The number of aryl methyl sites for hydroxylation is 1. The summed E-state index contributed by atoms with van der Waals surface area (Å²) in [6, 6.07) is 13.1. The lowest BCUT2D eigenvalue weighted by molar-refractivity contribution is -0.137. The average molecular weight is 368 g/mol. The van der Waals surface area contributed by atoms with Gasteiger partial charge in [-0.15, -0.1) is 0 Å². The number of rotatable bonds is 7. The Balaban J connectivity index is 2.07. The largest absolute Gasteiger partial charge is 0.481 e. The Morgan fingerprint density at radius 2 is 1.81 bits per heavy atom. The van der Waals surface area contributed by atoms with Crippen LogP contribution in [-0.4, -0.2) is 29.9 Å². The lowest BCUT2D eigenvalue weighted by Gasteiger charge is -2.23. The van der Waals surface area contributed by atoms with Crippen LogP contribution in [0.4, 0.5) is 0 Å². The van der Waals surface area contributed by atoms with Crippen LogP contribution in [0.2, 0.25) is 0 Å². The van der Waals surface area contributed by atoms with Gasteiger partial charge in [-0.1, -0.05) is 38.1 Å². The molecule has 2 aromatic carbocycles. The first-order valence-electron chi connectivity index (χ1n) is 9.10. The van der Waals surface area contributed by atoms with Crippen LogP contribution in [0.15, 0.2) is 42.5 Å². The lowest BCUT2D eigenvalue weighted by atomic mass is 10.0. The second kappa shape index (κ2) is 8.71. The van der Waals surface area contributed by atoms with Crippen molar-refractivity contribution < 1.29 is 14.3 Å². The number of benzene rings is 2. The van der Waals surface area contributed by atoms with Gasteiger partial charge < -0.3 is 15.4 Å². The van der Waals surface area contributed by atoms with Gasteiger partial charge in [0.15, 0.2) is 6.10 Å². The lowest BCUT2D eigenvalue weighted by Crippen LogP contribution is -2.37. The second-order valence-electron chi connectivity index (χ2n) is 7.20. The number of carbonyl (C=O) groups is 2. The zero-order valence-corrected chi connectivity index (χ0v) is 16.7. The highest BCUT2D eigenvalue weighted by atomic mass is 16.5. The van der Waals surface area contributed by atoms with Gasteiger partial charge in [0.2, 0.25) is 5.91 Å². The Kier molecular flexibility index (Phi) is 6.61. The number of carbonyl (C=O) groups excluding carboxylic acids is 2. The summed E-state index contributed by atoms with van der Waals surface area (Å²) in [6.07, 6.45) is -0.615. The van der Waals surface area contributed by atoms with Crippen LogP contribution in [0.5, 0.6) is 5.75 Å². The summed E-state index contributed by atoms with van der Waals surface area (Å²) in [6.45, 7) is 8.34. The normalized spacial score (nSPS) is 11.9. The smallest absolute Gasteiger partial charge is 0.263 e. The maximum Gasteiger partial charge on any atom is 0.263 e. The van der Waals surface area contributed by atoms with Crippen molar-refractivity contribution in [3.8, 4) is 5.75 Å². The van der Waals surface area contributed by atoms with Gasteiger partial charge >= 0.3 is 0 Å². The first kappa shape index (κ1) is 20.5. The number of nitrogens with zero attached hydrogens (tertiary/aromatic N) is 1. The first-order valence-corrected chi connectivity index (χ1v) is 9.10. The van der Waals surface area contributed by atoms with E-state index in [1.54, 1.807) is 37.1 Å². The fraction of sp³-hybridized carbons (Fsp3) is 0.364. The van der Waals surface area contributed by atoms with Crippen molar-refractivity contribution in [3.63, 3.8) is 0 Å². The number of nitrogens with two attached hydrogens (primary N) is 1. The molecule has 1 unspecified atom stereocenters. The summed E-state index contributed by atoms with van der Waals surface area (Å²) in [5.74, 6) is 0.502. The molecule has 144 valence electrons. The molecule has 2 amide bonds. The zero-order chi connectivity index (χ0) is 20.1. The van der Waals surface area contributed by atoms with E-state index in [0.717, 1.165) is 16.9 Å². The van der Waals surface area contributed by atoms with Gasteiger partial charge in [-0.2, -0.15) is 0 Å². The molecule has 0 spiro atoms. The van der Waals surface area contributed by atoms with E-state index in [1.807, 2.05) is 25.1 Å². The third-order valence-electron chi connectivity index (χ3n) is 4.54. The summed E-state index contributed by atoms with van der Waals surface area (Å²) < 4.78 is 5.95. The summed E-state index contributed by atoms with van der Waals surface area (Å²) in [7, 11) is 1.72. The van der Waals surface area contributed by atoms with E-state index in [9.17, 15) is 9.59 Å². The summed E-state index contributed by atoms with van der Waals surface area (Å²) in [4.78, 5) is 25.6. The number of ether oxygens (including phenoxy) is 1. The van der Waals surface area contributed by atoms with Crippen molar-refractivity contribution in [2.75, 3.05) is 7.05 Å². The SMILES string of the molecule is Cc1ccc(C(C)C)cc1OC(C)C(=O)N(C)Cc1cccc(C(N)=O)c1. The highest BCUT2D eigenvalue weighted by Crippen LogP contribution is 2.25. The van der Waals surface area contributed by atoms with Crippen LogP contribution in [0.3, 0.4) is 0 Å². The second-order valence-corrected chi connectivity index (χ2v) is 7.20. The highest BCUT2D eigenvalue weighted by Gasteiger charge is 2.20. The van der Waals surface area contributed by atoms with Gasteiger partial charge in [0.25, 0.3) is 5.91 Å². The Morgan fingerprint density at radius 3 is 2.44 bits per heavy atom. The molecule has 0 aliphatic rings. The number of amides is 2. The molecule has 2 aromatic rings. The van der Waals surface area contributed by atoms with Crippen LogP contribution in [0, 0.1) is 6.92 Å². The average Bonchev–Trinajstić information content (AvgIpc) is 2.62. The van der Waals surface area contributed by atoms with Crippen molar-refractivity contribution >= 4 is 11.8 Å². The van der Waals surface area contributed by atoms with E-state index >= 15 is 0 Å². The molecule has 0 saturated carbocycles. The molecule has 0 radical (unpaired) electrons. The number of hydrogen-bond donors (Lipinski definition) is 1. The molecule has 0 aliphatic carbocycles. The minimum absolute atomic E-state index is 0.131. The van der Waals surface area contributed by atoms with Crippen molar-refractivity contribution in [3.05, 3.63) is 64.7 Å². The predicted octanol–water partition coefficient (Wildman–Crippen LogP) is 3.64. The maximum atomic E-state index is 12.7. The van der Waals surface area contributed by atoms with Crippen LogP contribution in [0.1, 0.15) is 53.7 Å². The van der Waals surface area contributed by atoms with E-state index in [0.29, 0.717) is 18.0 Å². The Labute approximate surface area is 161 Å². The molecule has 27 heavy (non-hydrogen) atoms. The molecule has 0 heterocycles. The van der Waals surface area contributed by atoms with Gasteiger partial charge in [0.05, 0.1) is 0 Å². The Bertz CT molecular complexity index is 830. The third kappa shape index (κ3) is 5.33. The van der Waals surface area contributed by atoms with Gasteiger partial charge in [0.1, 0.15) is 5.75 Å². The molecule has 0 bridgehead atoms. The van der Waals surface area contributed by atoms with Gasteiger partial charge in [0, 0.05) is 19.2 Å². The van der Waals surface area contributed by atoms with Crippen LogP contribution < -0.4 is 10.5 Å². The van der Waals surface area contributed by atoms with Crippen LogP contribution >= 0.6 is 0 Å². The standard InChI is InChI=1S/C22H28N2O3/c1-14(2)18-10-9-15(3)20(12-18)27-16(4)22(26)24(5)13-17-7-6-8-19(11-17)21(23)25/h6-12,14,16H,13H2,1-5H3,(H2,23,25). The number of hydrogen-bond acceptors (Lipinski definition) is 3. The first-order chi connectivity index (χ1) is 12.7. The molecular formula is C22H28N2O3. The van der Waals surface area contributed by atoms with Gasteiger partial charge in [-0.3, -0.25) is 9.59 Å². The van der Waals surface area contributed by atoms with Crippen molar-refractivity contribution in [1.82, 2.24) is 4.90 Å². The quantitative estimate of drug-likeness (QED) is 0.811. The zero-order valence-electron chi connectivity index (χ0n) is 16.7. The summed E-state index contributed by atoms with van der Waals surface area (Å²) >= 11 is 0. The molecule has 0 fully saturated rings. The number of primary amides is 1. The fourth-order valence-corrected chi connectivity index (χ4v) is 2.83. The van der Waals surface area contributed by atoms with Crippen molar-refractivity contribution in [2.24, 2.45) is 5.73 Å². The van der Waals surface area contributed by atoms with Gasteiger partial charge in [-0.05, 0) is 54.7 Å². The van der Waals surface area contributed by atoms with Crippen LogP contribution in [-0.2, 0) is 11.3 Å². The van der Waals surface area contributed by atoms with E-state index < -0.39 is 12.0 Å². The molecule has 0 aliphatic heterocycles. The molecule has 2 N–H and O–H groups in total. The molecule has 2 rings (SSSR count). The summed E-state index contributed by atoms with van der Waals surface area (Å²) in [5, 5.41) is 0. The fourth-order valence-electron chi connectivity index (χ4n) is 2.83. The van der Waals surface area contributed by atoms with E-state index in [1.165, 1.54) is 5.56 Å². The monoisotopic (exact) mass is 368 g/mol. The molecule has 0 saturated heterocycles. The minimum Gasteiger partial charge on any atom is -0.481 e. The molecule has 0 aromatic heterocycles. The van der Waals surface area contributed by atoms with Crippen molar-refractivity contribution in [1.29, 1.82) is 0 Å². The topological polar surface area (TPSA) is 72.6 Å². The molecular weight excluding hydrogens is 340 g/mol. The van der Waals surface area contributed by atoms with E-state index in [2.05, 4.69) is 19.9 Å². The maximum absolute atomic E-state index is 12.7. The Hall–Kier alpha value is -2.82. The van der Waals surface area contributed by atoms with E-state index in [-0.39, 0.29) is 5.91 Å². The van der Waals surface area contributed by atoms with Gasteiger partial charge in [-0.25, -0.2) is 0 Å². The minimum atomic E-state index is -0.615.